The summed E-state index contributed by atoms with van der Waals surface area (Å²) in [5, 5.41) is 3.06. The van der Waals surface area contributed by atoms with Crippen LogP contribution in [0.3, 0.4) is 0 Å². The number of hydrogen-bond donors (Lipinski definition) is 1. The highest BCUT2D eigenvalue weighted by Crippen LogP contribution is 2.36. The van der Waals surface area contributed by atoms with Crippen LogP contribution in [-0.4, -0.2) is 5.54 Å². The second kappa shape index (κ2) is 3.98. The first-order valence-corrected chi connectivity index (χ1v) is 5.41. The maximum atomic E-state index is 12.8. The van der Waals surface area contributed by atoms with Crippen LogP contribution >= 0.6 is 0 Å². The predicted molar refractivity (Wildman–Crippen MR) is 55.9 cm³/mol. The van der Waals surface area contributed by atoms with Crippen molar-refractivity contribution < 1.29 is 17.6 Å². The van der Waals surface area contributed by atoms with Gasteiger partial charge in [0.15, 0.2) is 0 Å². The Balaban J connectivity index is 2.20. The van der Waals surface area contributed by atoms with Crippen molar-refractivity contribution in [1.29, 1.82) is 0 Å². The topological polar surface area (TPSA) is 12.0 Å². The molecule has 0 radical (unpaired) electrons. The molecule has 1 N–H and O–H groups in total. The van der Waals surface area contributed by atoms with Gasteiger partial charge in [0, 0.05) is 12.1 Å². The maximum absolute atomic E-state index is 12.8. The van der Waals surface area contributed by atoms with Crippen LogP contribution in [-0.2, 0) is 12.7 Å². The summed E-state index contributed by atoms with van der Waals surface area (Å²) in [6, 6.07) is 2.80. The zero-order valence-electron chi connectivity index (χ0n) is 9.37. The zero-order chi connectivity index (χ0) is 12.7. The number of benzene rings is 1. The first-order valence-electron chi connectivity index (χ1n) is 5.41. The highest BCUT2D eigenvalue weighted by molar-refractivity contribution is 5.30. The third-order valence-corrected chi connectivity index (χ3v) is 3.08. The van der Waals surface area contributed by atoms with Gasteiger partial charge in [0.25, 0.3) is 0 Å². The Labute approximate surface area is 96.8 Å². The summed E-state index contributed by atoms with van der Waals surface area (Å²) in [4.78, 5) is 0. The fourth-order valence-electron chi connectivity index (χ4n) is 1.64. The van der Waals surface area contributed by atoms with Crippen molar-refractivity contribution in [1.82, 2.24) is 5.32 Å². The lowest BCUT2D eigenvalue weighted by molar-refractivity contribution is -0.138. The molecule has 0 aliphatic heterocycles. The standard InChI is InChI=1S/C12H13F4N/c1-11(4-5-11)17-7-8-2-3-9(13)6-10(8)12(14,15)16/h2-3,6,17H,4-5,7H2,1H3. The molecule has 1 nitrogen and oxygen atoms in total. The van der Waals surface area contributed by atoms with E-state index in [4.69, 9.17) is 0 Å². The molecule has 17 heavy (non-hydrogen) atoms. The van der Waals surface area contributed by atoms with Gasteiger partial charge in [-0.25, -0.2) is 4.39 Å². The Morgan fingerprint density at radius 1 is 1.29 bits per heavy atom. The Kier molecular flexibility index (Phi) is 2.89. The highest BCUT2D eigenvalue weighted by atomic mass is 19.4. The third kappa shape index (κ3) is 2.97. The molecule has 0 aromatic heterocycles. The van der Waals surface area contributed by atoms with Gasteiger partial charge in [-0.1, -0.05) is 6.07 Å². The van der Waals surface area contributed by atoms with Gasteiger partial charge in [-0.2, -0.15) is 13.2 Å². The first-order chi connectivity index (χ1) is 7.80. The van der Waals surface area contributed by atoms with Gasteiger partial charge in [0.05, 0.1) is 5.56 Å². The molecule has 1 aromatic rings. The SMILES string of the molecule is CC1(NCc2ccc(F)cc2C(F)(F)F)CC1. The Morgan fingerprint density at radius 3 is 2.47 bits per heavy atom. The average Bonchev–Trinajstić information content (AvgIpc) is 2.94. The Morgan fingerprint density at radius 2 is 1.94 bits per heavy atom. The molecule has 1 aliphatic rings. The van der Waals surface area contributed by atoms with Crippen LogP contribution in [0.2, 0.25) is 0 Å². The number of nitrogens with one attached hydrogen (secondary N) is 1. The van der Waals surface area contributed by atoms with Crippen molar-refractivity contribution in [2.45, 2.75) is 38.0 Å². The molecule has 0 unspecified atom stereocenters. The van der Waals surface area contributed by atoms with Crippen molar-refractivity contribution in [2.75, 3.05) is 0 Å². The van der Waals surface area contributed by atoms with Crippen molar-refractivity contribution in [3.8, 4) is 0 Å². The quantitative estimate of drug-likeness (QED) is 0.806. The van der Waals surface area contributed by atoms with Gasteiger partial charge in [-0.3, -0.25) is 0 Å². The first kappa shape index (κ1) is 12.4. The molecular formula is C12H13F4N. The second-order valence-electron chi connectivity index (χ2n) is 4.71. The summed E-state index contributed by atoms with van der Waals surface area (Å²) in [7, 11) is 0. The number of alkyl halides is 3. The van der Waals surface area contributed by atoms with E-state index in [0.29, 0.717) is 6.07 Å². The predicted octanol–water partition coefficient (Wildman–Crippen LogP) is 3.49. The molecule has 1 aliphatic carbocycles. The third-order valence-electron chi connectivity index (χ3n) is 3.08. The number of rotatable bonds is 3. The van der Waals surface area contributed by atoms with E-state index >= 15 is 0 Å². The molecule has 0 atom stereocenters. The van der Waals surface area contributed by atoms with Crippen molar-refractivity contribution in [3.05, 3.63) is 35.1 Å². The van der Waals surface area contributed by atoms with E-state index in [1.165, 1.54) is 6.07 Å². The van der Waals surface area contributed by atoms with E-state index in [0.717, 1.165) is 18.9 Å². The van der Waals surface area contributed by atoms with Crippen LogP contribution in [0.4, 0.5) is 17.6 Å². The number of halogens is 4. The molecule has 1 fully saturated rings. The number of hydrogen-bond acceptors (Lipinski definition) is 1. The molecule has 1 saturated carbocycles. The lowest BCUT2D eigenvalue weighted by Crippen LogP contribution is -2.28. The lowest BCUT2D eigenvalue weighted by Gasteiger charge is -2.16. The van der Waals surface area contributed by atoms with Gasteiger partial charge in [0.1, 0.15) is 5.82 Å². The lowest BCUT2D eigenvalue weighted by atomic mass is 10.1. The maximum Gasteiger partial charge on any atom is 0.416 e. The monoisotopic (exact) mass is 247 g/mol. The molecule has 0 spiro atoms. The van der Waals surface area contributed by atoms with E-state index in [1.54, 1.807) is 0 Å². The molecule has 0 heterocycles. The minimum absolute atomic E-state index is 0.0444. The van der Waals surface area contributed by atoms with E-state index < -0.39 is 17.6 Å². The molecule has 94 valence electrons. The van der Waals surface area contributed by atoms with Crippen LogP contribution in [0.25, 0.3) is 0 Å². The fourth-order valence-corrected chi connectivity index (χ4v) is 1.64. The van der Waals surface area contributed by atoms with Crippen LogP contribution in [0.5, 0.6) is 0 Å². The summed E-state index contributed by atoms with van der Waals surface area (Å²) in [6.07, 6.45) is -2.57. The molecule has 0 amide bonds. The Hall–Kier alpha value is -1.10. The normalized spacial score (nSPS) is 18.2. The van der Waals surface area contributed by atoms with Crippen LogP contribution in [0.15, 0.2) is 18.2 Å². The van der Waals surface area contributed by atoms with E-state index in [9.17, 15) is 17.6 Å². The summed E-state index contributed by atoms with van der Waals surface area (Å²) < 4.78 is 50.9. The summed E-state index contributed by atoms with van der Waals surface area (Å²) in [5.74, 6) is -0.862. The van der Waals surface area contributed by atoms with E-state index in [2.05, 4.69) is 5.32 Å². The van der Waals surface area contributed by atoms with E-state index in [-0.39, 0.29) is 17.6 Å². The van der Waals surface area contributed by atoms with Gasteiger partial charge in [-0.15, -0.1) is 0 Å². The summed E-state index contributed by atoms with van der Waals surface area (Å²) in [5.41, 5.74) is -0.849. The summed E-state index contributed by atoms with van der Waals surface area (Å²) >= 11 is 0. The molecule has 2 rings (SSSR count). The minimum Gasteiger partial charge on any atom is -0.307 e. The molecule has 0 bridgehead atoms. The smallest absolute Gasteiger partial charge is 0.307 e. The zero-order valence-corrected chi connectivity index (χ0v) is 9.37. The Bertz CT molecular complexity index is 421. The van der Waals surface area contributed by atoms with Crippen LogP contribution in [0, 0.1) is 5.82 Å². The molecular weight excluding hydrogens is 234 g/mol. The van der Waals surface area contributed by atoms with Crippen molar-refractivity contribution in [3.63, 3.8) is 0 Å². The van der Waals surface area contributed by atoms with Gasteiger partial charge in [0.2, 0.25) is 0 Å². The molecule has 5 heteroatoms. The largest absolute Gasteiger partial charge is 0.416 e. The van der Waals surface area contributed by atoms with Crippen LogP contribution < -0.4 is 5.32 Å². The van der Waals surface area contributed by atoms with Crippen molar-refractivity contribution >= 4 is 0 Å². The fraction of sp³-hybridized carbons (Fsp3) is 0.500. The van der Waals surface area contributed by atoms with Crippen molar-refractivity contribution in [2.24, 2.45) is 0 Å². The minimum atomic E-state index is -4.51. The average molecular weight is 247 g/mol. The molecule has 1 aromatic carbocycles. The summed E-state index contributed by atoms with van der Waals surface area (Å²) in [6.45, 7) is 2.08. The van der Waals surface area contributed by atoms with Crippen LogP contribution in [0.1, 0.15) is 30.9 Å². The second-order valence-corrected chi connectivity index (χ2v) is 4.71. The van der Waals surface area contributed by atoms with Gasteiger partial charge in [-0.05, 0) is 37.5 Å². The molecule has 0 saturated heterocycles. The van der Waals surface area contributed by atoms with Gasteiger partial charge < -0.3 is 5.32 Å². The van der Waals surface area contributed by atoms with E-state index in [1.807, 2.05) is 6.92 Å². The van der Waals surface area contributed by atoms with Gasteiger partial charge >= 0.3 is 6.18 Å². The highest BCUT2D eigenvalue weighted by Gasteiger charge is 2.38.